The van der Waals surface area contributed by atoms with Gasteiger partial charge >= 0.3 is 0 Å². The highest BCUT2D eigenvalue weighted by molar-refractivity contribution is 5.31. The molecule has 0 aromatic heterocycles. The number of nitrogens with two attached hydrogens (primary N) is 1. The van der Waals surface area contributed by atoms with E-state index >= 15 is 0 Å². The minimum atomic E-state index is 0.677. The van der Waals surface area contributed by atoms with Crippen LogP contribution in [0.2, 0.25) is 0 Å². The molecule has 0 rings (SSSR count). The Hall–Kier alpha value is -1.24. The molecule has 0 aliphatic heterocycles. The van der Waals surface area contributed by atoms with Gasteiger partial charge in [0, 0.05) is 5.70 Å². The van der Waals surface area contributed by atoms with Gasteiger partial charge in [-0.05, 0) is 38.7 Å². The van der Waals surface area contributed by atoms with Crippen molar-refractivity contribution in [3.8, 4) is 0 Å². The predicted molar refractivity (Wildman–Crippen MR) is 111 cm³/mol. The van der Waals surface area contributed by atoms with Gasteiger partial charge in [-0.2, -0.15) is 0 Å². The monoisotopic (exact) mass is 331 g/mol. The summed E-state index contributed by atoms with van der Waals surface area (Å²) in [6, 6.07) is 0. The summed E-state index contributed by atoms with van der Waals surface area (Å²) in [7, 11) is 0. The van der Waals surface area contributed by atoms with E-state index in [4.69, 9.17) is 5.73 Å². The maximum atomic E-state index is 5.84. The number of hydrogen-bond donors (Lipinski definition) is 1. The van der Waals surface area contributed by atoms with Gasteiger partial charge < -0.3 is 5.73 Å². The van der Waals surface area contributed by atoms with Crippen molar-refractivity contribution in [2.45, 2.75) is 97.8 Å². The number of hydrogen-bond acceptors (Lipinski definition) is 1. The molecule has 0 aromatic rings. The smallest absolute Gasteiger partial charge is 0.0276 e. The lowest BCUT2D eigenvalue weighted by Crippen LogP contribution is -1.98. The second kappa shape index (κ2) is 16.6. The number of unbranched alkanes of at least 4 members (excludes halogenated alkanes) is 9. The second-order valence-electron chi connectivity index (χ2n) is 6.93. The fourth-order valence-electron chi connectivity index (χ4n) is 2.80. The van der Waals surface area contributed by atoms with Crippen LogP contribution in [0.25, 0.3) is 0 Å². The third-order valence-corrected chi connectivity index (χ3v) is 4.50. The largest absolute Gasteiger partial charge is 0.399 e. The zero-order valence-corrected chi connectivity index (χ0v) is 16.6. The van der Waals surface area contributed by atoms with Crippen LogP contribution in [0.5, 0.6) is 0 Å². The molecule has 0 spiro atoms. The molecule has 0 unspecified atom stereocenters. The molecule has 0 aliphatic carbocycles. The molecular formula is C23H41N. The van der Waals surface area contributed by atoms with Gasteiger partial charge in [-0.3, -0.25) is 0 Å². The van der Waals surface area contributed by atoms with Crippen LogP contribution in [-0.4, -0.2) is 0 Å². The van der Waals surface area contributed by atoms with Gasteiger partial charge in [0.15, 0.2) is 0 Å². The highest BCUT2D eigenvalue weighted by Gasteiger charge is 1.98. The first-order valence-corrected chi connectivity index (χ1v) is 10.0. The number of allylic oxidation sites excluding steroid dienone is 6. The molecule has 0 heterocycles. The van der Waals surface area contributed by atoms with Crippen molar-refractivity contribution in [2.24, 2.45) is 5.73 Å². The molecule has 1 heteroatoms. The zero-order chi connectivity index (χ0) is 18.0. The van der Waals surface area contributed by atoms with Gasteiger partial charge in [-0.1, -0.05) is 101 Å². The normalized spacial score (nSPS) is 13.0. The lowest BCUT2D eigenvalue weighted by atomic mass is 10.0. The molecule has 24 heavy (non-hydrogen) atoms. The summed E-state index contributed by atoms with van der Waals surface area (Å²) in [6.07, 6.45) is 24.5. The molecule has 0 amide bonds. The Morgan fingerprint density at radius 3 is 1.96 bits per heavy atom. The Kier molecular flexibility index (Phi) is 15.8. The number of rotatable bonds is 15. The molecule has 0 aliphatic rings. The summed E-state index contributed by atoms with van der Waals surface area (Å²) in [4.78, 5) is 0. The SMILES string of the molecule is C=C(N)/C(=C/C=C\C)C/C=C(\C)CCCCCCCCCCCC. The average Bonchev–Trinajstić information content (AvgIpc) is 2.56. The van der Waals surface area contributed by atoms with Gasteiger partial charge in [0.25, 0.3) is 0 Å². The maximum absolute atomic E-state index is 5.84. The van der Waals surface area contributed by atoms with Crippen molar-refractivity contribution >= 4 is 0 Å². The predicted octanol–water partition coefficient (Wildman–Crippen LogP) is 7.61. The molecule has 2 N–H and O–H groups in total. The van der Waals surface area contributed by atoms with E-state index in [-0.39, 0.29) is 0 Å². The maximum Gasteiger partial charge on any atom is 0.0276 e. The van der Waals surface area contributed by atoms with Crippen LogP contribution < -0.4 is 5.73 Å². The summed E-state index contributed by atoms with van der Waals surface area (Å²) in [5, 5.41) is 0. The van der Waals surface area contributed by atoms with Crippen LogP contribution in [0.1, 0.15) is 97.8 Å². The standard InChI is InChI=1S/C23H41N/c1-5-7-9-10-11-12-13-14-15-16-17-21(3)19-20-23(22(4)24)18-8-6-2/h6,8,18-19H,4-5,7,9-17,20,24H2,1-3H3/b8-6-,21-19+,23-18+. The molecule has 1 nitrogen and oxygen atoms in total. The topological polar surface area (TPSA) is 26.0 Å². The molecule has 138 valence electrons. The third-order valence-electron chi connectivity index (χ3n) is 4.50. The Morgan fingerprint density at radius 1 is 0.917 bits per heavy atom. The first-order chi connectivity index (χ1) is 11.6. The van der Waals surface area contributed by atoms with Crippen LogP contribution in [0.3, 0.4) is 0 Å². The summed E-state index contributed by atoms with van der Waals surface area (Å²) >= 11 is 0. The zero-order valence-electron chi connectivity index (χ0n) is 16.6. The van der Waals surface area contributed by atoms with Gasteiger partial charge in [0.05, 0.1) is 0 Å². The first kappa shape index (κ1) is 22.8. The summed E-state index contributed by atoms with van der Waals surface area (Å²) in [6.45, 7) is 10.4. The van der Waals surface area contributed by atoms with Gasteiger partial charge in [-0.15, -0.1) is 0 Å². The molecule has 0 saturated heterocycles. The quantitative estimate of drug-likeness (QED) is 0.186. The van der Waals surface area contributed by atoms with E-state index in [0.29, 0.717) is 5.70 Å². The van der Waals surface area contributed by atoms with Crippen molar-refractivity contribution in [2.75, 3.05) is 0 Å². The lowest BCUT2D eigenvalue weighted by molar-refractivity contribution is 0.556. The Bertz CT molecular complexity index is 398. The van der Waals surface area contributed by atoms with Crippen LogP contribution in [0, 0.1) is 0 Å². The van der Waals surface area contributed by atoms with Crippen molar-refractivity contribution in [3.63, 3.8) is 0 Å². The summed E-state index contributed by atoms with van der Waals surface area (Å²) in [5.74, 6) is 0. The molecule has 0 bridgehead atoms. The Labute approximate surface area is 151 Å². The molecule has 0 fully saturated rings. The molecule has 0 radical (unpaired) electrons. The van der Waals surface area contributed by atoms with Crippen LogP contribution in [0.4, 0.5) is 0 Å². The van der Waals surface area contributed by atoms with Crippen molar-refractivity contribution in [1.82, 2.24) is 0 Å². The Balaban J connectivity index is 3.74. The minimum absolute atomic E-state index is 0.677. The van der Waals surface area contributed by atoms with Gasteiger partial charge in [0.2, 0.25) is 0 Å². The average molecular weight is 332 g/mol. The van der Waals surface area contributed by atoms with E-state index < -0.39 is 0 Å². The van der Waals surface area contributed by atoms with Gasteiger partial charge in [-0.25, -0.2) is 0 Å². The minimum Gasteiger partial charge on any atom is -0.399 e. The van der Waals surface area contributed by atoms with E-state index in [9.17, 15) is 0 Å². The fraction of sp³-hybridized carbons (Fsp3) is 0.652. The van der Waals surface area contributed by atoms with E-state index in [0.717, 1.165) is 12.0 Å². The second-order valence-corrected chi connectivity index (χ2v) is 6.93. The van der Waals surface area contributed by atoms with Gasteiger partial charge in [0.1, 0.15) is 0 Å². The molecular weight excluding hydrogens is 290 g/mol. The first-order valence-electron chi connectivity index (χ1n) is 10.0. The van der Waals surface area contributed by atoms with E-state index in [2.05, 4.69) is 32.6 Å². The molecule has 0 atom stereocenters. The Morgan fingerprint density at radius 2 is 1.46 bits per heavy atom. The highest BCUT2D eigenvalue weighted by atomic mass is 14.6. The van der Waals surface area contributed by atoms with E-state index in [1.807, 2.05) is 19.1 Å². The lowest BCUT2D eigenvalue weighted by Gasteiger charge is -2.06. The third kappa shape index (κ3) is 14.4. The van der Waals surface area contributed by atoms with Crippen molar-refractivity contribution < 1.29 is 0 Å². The van der Waals surface area contributed by atoms with Crippen molar-refractivity contribution in [1.29, 1.82) is 0 Å². The summed E-state index contributed by atoms with van der Waals surface area (Å²) < 4.78 is 0. The van der Waals surface area contributed by atoms with Crippen LogP contribution in [-0.2, 0) is 0 Å². The van der Waals surface area contributed by atoms with E-state index in [1.165, 1.54) is 76.2 Å². The van der Waals surface area contributed by atoms with Crippen LogP contribution in [0.15, 0.2) is 47.7 Å². The fourth-order valence-corrected chi connectivity index (χ4v) is 2.80. The molecule has 0 saturated carbocycles. The highest BCUT2D eigenvalue weighted by Crippen LogP contribution is 2.16. The van der Waals surface area contributed by atoms with Crippen LogP contribution >= 0.6 is 0 Å². The van der Waals surface area contributed by atoms with E-state index in [1.54, 1.807) is 0 Å². The summed E-state index contributed by atoms with van der Waals surface area (Å²) in [5.41, 5.74) is 9.12. The van der Waals surface area contributed by atoms with Crippen molar-refractivity contribution in [3.05, 3.63) is 47.7 Å². The molecule has 0 aromatic carbocycles.